The SMILES string of the molecule is Cn1cccc1CNc1cc(F)cc(Br)c1. The molecule has 0 aliphatic heterocycles. The molecule has 0 aliphatic carbocycles. The number of aromatic nitrogens is 1. The molecule has 0 unspecified atom stereocenters. The van der Waals surface area contributed by atoms with Gasteiger partial charge in [-0.25, -0.2) is 4.39 Å². The first-order chi connectivity index (χ1) is 7.65. The predicted octanol–water partition coefficient (Wildman–Crippen LogP) is 3.54. The van der Waals surface area contributed by atoms with E-state index < -0.39 is 0 Å². The Morgan fingerprint density at radius 3 is 2.81 bits per heavy atom. The third-order valence-electron chi connectivity index (χ3n) is 2.39. The molecule has 0 saturated carbocycles. The molecule has 2 nitrogen and oxygen atoms in total. The summed E-state index contributed by atoms with van der Waals surface area (Å²) in [5.41, 5.74) is 1.92. The molecule has 0 atom stereocenters. The lowest BCUT2D eigenvalue weighted by molar-refractivity contribution is 0.627. The Labute approximate surface area is 102 Å². The second-order valence-corrected chi connectivity index (χ2v) is 4.54. The Morgan fingerprint density at radius 2 is 2.19 bits per heavy atom. The molecular formula is C12H12BrFN2. The summed E-state index contributed by atoms with van der Waals surface area (Å²) >= 11 is 3.26. The van der Waals surface area contributed by atoms with E-state index in [0.717, 1.165) is 15.9 Å². The van der Waals surface area contributed by atoms with Gasteiger partial charge in [0, 0.05) is 29.1 Å². The van der Waals surface area contributed by atoms with Crippen molar-refractivity contribution < 1.29 is 4.39 Å². The van der Waals surface area contributed by atoms with Crippen LogP contribution in [0.5, 0.6) is 0 Å². The van der Waals surface area contributed by atoms with Crippen LogP contribution >= 0.6 is 15.9 Å². The topological polar surface area (TPSA) is 17.0 Å². The highest BCUT2D eigenvalue weighted by Crippen LogP contribution is 2.19. The molecule has 0 fully saturated rings. The van der Waals surface area contributed by atoms with Crippen LogP contribution in [0.4, 0.5) is 10.1 Å². The van der Waals surface area contributed by atoms with Crippen LogP contribution in [0.25, 0.3) is 0 Å². The van der Waals surface area contributed by atoms with E-state index in [1.165, 1.54) is 12.1 Å². The Bertz CT molecular complexity index is 473. The number of aryl methyl sites for hydroxylation is 1. The van der Waals surface area contributed by atoms with Crippen LogP contribution in [0.1, 0.15) is 5.69 Å². The fraction of sp³-hybridized carbons (Fsp3) is 0.167. The van der Waals surface area contributed by atoms with Crippen LogP contribution in [0.3, 0.4) is 0 Å². The summed E-state index contributed by atoms with van der Waals surface area (Å²) in [4.78, 5) is 0. The van der Waals surface area contributed by atoms with Crippen LogP contribution < -0.4 is 5.32 Å². The van der Waals surface area contributed by atoms with E-state index >= 15 is 0 Å². The van der Waals surface area contributed by atoms with Gasteiger partial charge in [-0.05, 0) is 30.3 Å². The molecule has 2 rings (SSSR count). The van der Waals surface area contributed by atoms with Gasteiger partial charge in [-0.1, -0.05) is 15.9 Å². The van der Waals surface area contributed by atoms with Gasteiger partial charge in [0.25, 0.3) is 0 Å². The molecule has 16 heavy (non-hydrogen) atoms. The van der Waals surface area contributed by atoms with Crippen LogP contribution in [0.2, 0.25) is 0 Å². The number of anilines is 1. The summed E-state index contributed by atoms with van der Waals surface area (Å²) in [7, 11) is 1.98. The van der Waals surface area contributed by atoms with Crippen LogP contribution in [0.15, 0.2) is 41.0 Å². The summed E-state index contributed by atoms with van der Waals surface area (Å²) in [5, 5.41) is 3.18. The maximum absolute atomic E-state index is 13.1. The van der Waals surface area contributed by atoms with Gasteiger partial charge in [-0.15, -0.1) is 0 Å². The van der Waals surface area contributed by atoms with Crippen LogP contribution in [0, 0.1) is 5.82 Å². The van der Waals surface area contributed by atoms with Crippen molar-refractivity contribution in [1.29, 1.82) is 0 Å². The van der Waals surface area contributed by atoms with E-state index in [1.807, 2.05) is 36.0 Å². The minimum atomic E-state index is -0.247. The summed E-state index contributed by atoms with van der Waals surface area (Å²) in [5.74, 6) is -0.247. The average molecular weight is 283 g/mol. The third-order valence-corrected chi connectivity index (χ3v) is 2.85. The third kappa shape index (κ3) is 2.64. The van der Waals surface area contributed by atoms with Gasteiger partial charge in [0.1, 0.15) is 5.82 Å². The number of nitrogens with zero attached hydrogens (tertiary/aromatic N) is 1. The number of hydrogen-bond acceptors (Lipinski definition) is 1. The zero-order valence-corrected chi connectivity index (χ0v) is 10.5. The molecular weight excluding hydrogens is 271 g/mol. The van der Waals surface area contributed by atoms with Crippen molar-refractivity contribution in [3.05, 3.63) is 52.5 Å². The molecule has 0 amide bonds. The molecule has 1 aromatic carbocycles. The van der Waals surface area contributed by atoms with Gasteiger partial charge < -0.3 is 9.88 Å². The van der Waals surface area contributed by atoms with Gasteiger partial charge in [0.2, 0.25) is 0 Å². The average Bonchev–Trinajstić information content (AvgIpc) is 2.59. The molecule has 2 aromatic rings. The highest BCUT2D eigenvalue weighted by Gasteiger charge is 2.00. The second kappa shape index (κ2) is 4.70. The maximum atomic E-state index is 13.1. The van der Waals surface area contributed by atoms with E-state index in [-0.39, 0.29) is 5.82 Å². The molecule has 1 N–H and O–H groups in total. The predicted molar refractivity (Wildman–Crippen MR) is 66.8 cm³/mol. The van der Waals surface area contributed by atoms with E-state index in [0.29, 0.717) is 6.54 Å². The lowest BCUT2D eigenvalue weighted by Crippen LogP contribution is -2.04. The highest BCUT2D eigenvalue weighted by molar-refractivity contribution is 9.10. The smallest absolute Gasteiger partial charge is 0.126 e. The molecule has 0 saturated heterocycles. The second-order valence-electron chi connectivity index (χ2n) is 3.62. The number of hydrogen-bond donors (Lipinski definition) is 1. The number of halogens is 2. The number of benzene rings is 1. The first kappa shape index (κ1) is 11.2. The minimum absolute atomic E-state index is 0.247. The zero-order chi connectivity index (χ0) is 11.5. The van der Waals surface area contributed by atoms with Crippen molar-refractivity contribution in [2.45, 2.75) is 6.54 Å². The molecule has 4 heteroatoms. The molecule has 0 radical (unpaired) electrons. The van der Waals surface area contributed by atoms with E-state index in [4.69, 9.17) is 0 Å². The lowest BCUT2D eigenvalue weighted by Gasteiger charge is -2.08. The quantitative estimate of drug-likeness (QED) is 0.911. The Kier molecular flexibility index (Phi) is 3.29. The van der Waals surface area contributed by atoms with Gasteiger partial charge in [-0.2, -0.15) is 0 Å². The first-order valence-corrected chi connectivity index (χ1v) is 5.74. The van der Waals surface area contributed by atoms with Gasteiger partial charge in [0.15, 0.2) is 0 Å². The molecule has 84 valence electrons. The number of rotatable bonds is 3. The summed E-state index contributed by atoms with van der Waals surface area (Å²) in [6, 6.07) is 8.78. The van der Waals surface area contributed by atoms with Crippen molar-refractivity contribution >= 4 is 21.6 Å². The summed E-state index contributed by atoms with van der Waals surface area (Å²) in [6.07, 6.45) is 1.98. The largest absolute Gasteiger partial charge is 0.379 e. The minimum Gasteiger partial charge on any atom is -0.379 e. The number of nitrogens with one attached hydrogen (secondary N) is 1. The van der Waals surface area contributed by atoms with Crippen molar-refractivity contribution in [3.8, 4) is 0 Å². The lowest BCUT2D eigenvalue weighted by atomic mass is 10.3. The molecule has 0 aliphatic rings. The first-order valence-electron chi connectivity index (χ1n) is 4.95. The highest BCUT2D eigenvalue weighted by atomic mass is 79.9. The van der Waals surface area contributed by atoms with Gasteiger partial charge in [0.05, 0.1) is 6.54 Å². The molecule has 0 spiro atoms. The maximum Gasteiger partial charge on any atom is 0.126 e. The van der Waals surface area contributed by atoms with Crippen molar-refractivity contribution in [2.24, 2.45) is 7.05 Å². The fourth-order valence-electron chi connectivity index (χ4n) is 1.53. The fourth-order valence-corrected chi connectivity index (χ4v) is 1.99. The molecule has 1 aromatic heterocycles. The van der Waals surface area contributed by atoms with Gasteiger partial charge >= 0.3 is 0 Å². The van der Waals surface area contributed by atoms with Crippen molar-refractivity contribution in [1.82, 2.24) is 4.57 Å². The Balaban J connectivity index is 2.07. The Hall–Kier alpha value is -1.29. The van der Waals surface area contributed by atoms with Crippen molar-refractivity contribution in [2.75, 3.05) is 5.32 Å². The van der Waals surface area contributed by atoms with E-state index in [2.05, 4.69) is 21.2 Å². The van der Waals surface area contributed by atoms with E-state index in [9.17, 15) is 4.39 Å². The van der Waals surface area contributed by atoms with Crippen LogP contribution in [-0.4, -0.2) is 4.57 Å². The monoisotopic (exact) mass is 282 g/mol. The summed E-state index contributed by atoms with van der Waals surface area (Å²) < 4.78 is 15.9. The molecule has 0 bridgehead atoms. The Morgan fingerprint density at radius 1 is 1.38 bits per heavy atom. The zero-order valence-electron chi connectivity index (χ0n) is 8.87. The molecule has 1 heterocycles. The van der Waals surface area contributed by atoms with Crippen molar-refractivity contribution in [3.63, 3.8) is 0 Å². The van der Waals surface area contributed by atoms with E-state index in [1.54, 1.807) is 0 Å². The standard InChI is InChI=1S/C12H12BrFN2/c1-16-4-2-3-12(16)8-15-11-6-9(13)5-10(14)7-11/h2-7,15H,8H2,1H3. The normalized spacial score (nSPS) is 10.4. The van der Waals surface area contributed by atoms with Crippen LogP contribution in [-0.2, 0) is 13.6 Å². The summed E-state index contributed by atoms with van der Waals surface area (Å²) in [6.45, 7) is 0.680. The van der Waals surface area contributed by atoms with Gasteiger partial charge in [-0.3, -0.25) is 0 Å².